The molecular formula is C24H32N4O7S2. The van der Waals surface area contributed by atoms with Crippen LogP contribution in [0.4, 0.5) is 11.4 Å². The van der Waals surface area contributed by atoms with E-state index in [9.17, 15) is 21.6 Å². The highest BCUT2D eigenvalue weighted by Gasteiger charge is 2.27. The highest BCUT2D eigenvalue weighted by molar-refractivity contribution is 7.92. The van der Waals surface area contributed by atoms with Crippen LogP contribution in [0.2, 0.25) is 0 Å². The van der Waals surface area contributed by atoms with Crippen LogP contribution in [0, 0.1) is 0 Å². The molecule has 1 amide bonds. The average Bonchev–Trinajstić information content (AvgIpc) is 2.91. The largest absolute Gasteiger partial charge is 0.379 e. The molecule has 202 valence electrons. The number of ether oxygens (including phenoxy) is 2. The molecule has 13 heteroatoms. The van der Waals surface area contributed by atoms with E-state index >= 15 is 0 Å². The summed E-state index contributed by atoms with van der Waals surface area (Å²) in [6, 6.07) is 13.3. The molecule has 0 saturated carbocycles. The third kappa shape index (κ3) is 6.99. The summed E-state index contributed by atoms with van der Waals surface area (Å²) in [5.41, 5.74) is 2.17. The fourth-order valence-corrected chi connectivity index (χ4v) is 6.42. The minimum absolute atomic E-state index is 0.0524. The molecule has 0 spiro atoms. The first-order chi connectivity index (χ1) is 17.6. The number of nitrogens with one attached hydrogen (secondary N) is 1. The van der Waals surface area contributed by atoms with Crippen LogP contribution >= 0.6 is 0 Å². The van der Waals surface area contributed by atoms with Crippen molar-refractivity contribution in [2.24, 2.45) is 0 Å². The predicted octanol–water partition coefficient (Wildman–Crippen LogP) is 0.627. The van der Waals surface area contributed by atoms with Gasteiger partial charge in [-0.2, -0.15) is 4.31 Å². The van der Waals surface area contributed by atoms with Crippen molar-refractivity contribution in [3.8, 4) is 0 Å². The SMILES string of the molecule is CS(=O)(=O)N(CC(=O)NCc1ccc(N2CCOCC2)cc1)c1ccc(S(=O)(=O)N2CCOCC2)cc1. The molecule has 1 N–H and O–H groups in total. The molecule has 4 rings (SSSR count). The summed E-state index contributed by atoms with van der Waals surface area (Å²) >= 11 is 0. The second-order valence-electron chi connectivity index (χ2n) is 8.82. The summed E-state index contributed by atoms with van der Waals surface area (Å²) in [6.07, 6.45) is 1.00. The van der Waals surface area contributed by atoms with E-state index < -0.39 is 32.5 Å². The second kappa shape index (κ2) is 11.8. The Balaban J connectivity index is 1.38. The first kappa shape index (κ1) is 27.3. The van der Waals surface area contributed by atoms with Gasteiger partial charge in [0.25, 0.3) is 0 Å². The Labute approximate surface area is 218 Å². The Morgan fingerprint density at radius 1 is 0.865 bits per heavy atom. The van der Waals surface area contributed by atoms with Gasteiger partial charge in [-0.1, -0.05) is 12.1 Å². The predicted molar refractivity (Wildman–Crippen MR) is 140 cm³/mol. The maximum Gasteiger partial charge on any atom is 0.243 e. The summed E-state index contributed by atoms with van der Waals surface area (Å²) in [5.74, 6) is -0.479. The van der Waals surface area contributed by atoms with Crippen molar-refractivity contribution in [3.05, 3.63) is 54.1 Å². The Morgan fingerprint density at radius 3 is 2.00 bits per heavy atom. The van der Waals surface area contributed by atoms with Gasteiger partial charge < -0.3 is 19.7 Å². The number of carbonyl (C=O) groups is 1. The molecule has 0 atom stereocenters. The smallest absolute Gasteiger partial charge is 0.243 e. The number of benzene rings is 2. The molecule has 0 aliphatic carbocycles. The molecule has 2 aromatic carbocycles. The zero-order chi connectivity index (χ0) is 26.5. The fraction of sp³-hybridized carbons (Fsp3) is 0.458. The van der Waals surface area contributed by atoms with Gasteiger partial charge in [-0.3, -0.25) is 9.10 Å². The number of nitrogens with zero attached hydrogens (tertiary/aromatic N) is 3. The molecule has 0 aromatic heterocycles. The number of rotatable bonds is 9. The lowest BCUT2D eigenvalue weighted by atomic mass is 10.2. The van der Waals surface area contributed by atoms with E-state index in [1.807, 2.05) is 24.3 Å². The van der Waals surface area contributed by atoms with E-state index in [0.29, 0.717) is 26.4 Å². The first-order valence-electron chi connectivity index (χ1n) is 12.0. The van der Waals surface area contributed by atoms with Gasteiger partial charge in [-0.15, -0.1) is 0 Å². The number of carbonyl (C=O) groups excluding carboxylic acids is 1. The van der Waals surface area contributed by atoms with Crippen molar-refractivity contribution in [1.29, 1.82) is 0 Å². The molecule has 2 heterocycles. The molecule has 0 unspecified atom stereocenters. The van der Waals surface area contributed by atoms with Gasteiger partial charge in [-0.25, -0.2) is 16.8 Å². The van der Waals surface area contributed by atoms with Gasteiger partial charge in [0, 0.05) is 38.4 Å². The van der Waals surface area contributed by atoms with Gasteiger partial charge >= 0.3 is 0 Å². The van der Waals surface area contributed by atoms with Gasteiger partial charge in [0.05, 0.1) is 43.3 Å². The van der Waals surface area contributed by atoms with Crippen molar-refractivity contribution in [2.75, 3.05) is 74.6 Å². The Bertz CT molecular complexity index is 1270. The standard InChI is InChI=1S/C24H32N4O7S2/c1-36(30,31)28(22-6-8-23(9-7-22)37(32,33)27-12-16-35-17-13-27)19-24(29)25-18-20-2-4-21(5-3-20)26-10-14-34-15-11-26/h2-9H,10-19H2,1H3,(H,25,29). The zero-order valence-electron chi connectivity index (χ0n) is 20.7. The highest BCUT2D eigenvalue weighted by atomic mass is 32.2. The van der Waals surface area contributed by atoms with Crippen LogP contribution in [-0.4, -0.2) is 92.5 Å². The van der Waals surface area contributed by atoms with E-state index in [-0.39, 0.29) is 30.2 Å². The number of hydrogen-bond acceptors (Lipinski definition) is 8. The summed E-state index contributed by atoms with van der Waals surface area (Å²) in [6.45, 7) is 4.04. The lowest BCUT2D eigenvalue weighted by Gasteiger charge is -2.29. The van der Waals surface area contributed by atoms with Gasteiger partial charge in [0.1, 0.15) is 6.54 Å². The van der Waals surface area contributed by atoms with Gasteiger partial charge in [0.2, 0.25) is 26.0 Å². The number of anilines is 2. The Kier molecular flexibility index (Phi) is 8.70. The van der Waals surface area contributed by atoms with Gasteiger partial charge in [-0.05, 0) is 42.0 Å². The van der Waals surface area contributed by atoms with E-state index in [4.69, 9.17) is 9.47 Å². The van der Waals surface area contributed by atoms with Crippen LogP contribution in [0.25, 0.3) is 0 Å². The van der Waals surface area contributed by atoms with Crippen molar-refractivity contribution in [2.45, 2.75) is 11.4 Å². The van der Waals surface area contributed by atoms with Crippen molar-refractivity contribution >= 4 is 37.3 Å². The average molecular weight is 553 g/mol. The number of morpholine rings is 2. The lowest BCUT2D eigenvalue weighted by molar-refractivity contribution is -0.119. The van der Waals surface area contributed by atoms with Crippen LogP contribution in [0.15, 0.2) is 53.4 Å². The Hall–Kier alpha value is -2.71. The third-order valence-electron chi connectivity index (χ3n) is 6.22. The summed E-state index contributed by atoms with van der Waals surface area (Å²) < 4.78 is 63.5. The third-order valence-corrected chi connectivity index (χ3v) is 9.28. The van der Waals surface area contributed by atoms with E-state index in [0.717, 1.165) is 34.9 Å². The lowest BCUT2D eigenvalue weighted by Crippen LogP contribution is -2.41. The molecule has 2 aliphatic rings. The van der Waals surface area contributed by atoms with Crippen LogP contribution in [0.3, 0.4) is 0 Å². The van der Waals surface area contributed by atoms with Crippen molar-refractivity contribution in [3.63, 3.8) is 0 Å². The summed E-state index contributed by atoms with van der Waals surface area (Å²) in [7, 11) is -7.52. The number of hydrogen-bond donors (Lipinski definition) is 1. The molecule has 2 aliphatic heterocycles. The van der Waals surface area contributed by atoms with Crippen molar-refractivity contribution < 1.29 is 31.1 Å². The molecule has 11 nitrogen and oxygen atoms in total. The topological polar surface area (TPSA) is 126 Å². The molecule has 0 radical (unpaired) electrons. The minimum atomic E-state index is -3.80. The number of amides is 1. The zero-order valence-corrected chi connectivity index (χ0v) is 22.3. The molecule has 2 fully saturated rings. The normalized spacial score (nSPS) is 17.4. The number of sulfonamides is 2. The van der Waals surface area contributed by atoms with Gasteiger partial charge in [0.15, 0.2) is 0 Å². The highest BCUT2D eigenvalue weighted by Crippen LogP contribution is 2.23. The molecule has 2 saturated heterocycles. The van der Waals surface area contributed by atoms with Crippen LogP contribution in [0.5, 0.6) is 0 Å². The van der Waals surface area contributed by atoms with Crippen molar-refractivity contribution in [1.82, 2.24) is 9.62 Å². The van der Waals surface area contributed by atoms with E-state index in [1.54, 1.807) is 0 Å². The minimum Gasteiger partial charge on any atom is -0.379 e. The molecule has 2 aromatic rings. The van der Waals surface area contributed by atoms with Crippen LogP contribution < -0.4 is 14.5 Å². The molecular weight excluding hydrogens is 520 g/mol. The van der Waals surface area contributed by atoms with Crippen LogP contribution in [0.1, 0.15) is 5.56 Å². The quantitative estimate of drug-likeness (QED) is 0.480. The summed E-state index contributed by atoms with van der Waals surface area (Å²) in [5, 5.41) is 2.76. The van der Waals surface area contributed by atoms with E-state index in [1.165, 1.54) is 28.6 Å². The fourth-order valence-electron chi connectivity index (χ4n) is 4.15. The maximum absolute atomic E-state index is 12.8. The first-order valence-corrected chi connectivity index (χ1v) is 15.3. The molecule has 0 bridgehead atoms. The second-order valence-corrected chi connectivity index (χ2v) is 12.7. The molecule has 37 heavy (non-hydrogen) atoms. The van der Waals surface area contributed by atoms with Crippen LogP contribution in [-0.2, 0) is 40.9 Å². The van der Waals surface area contributed by atoms with E-state index in [2.05, 4.69) is 10.2 Å². The maximum atomic E-state index is 12.8. The Morgan fingerprint density at radius 2 is 1.43 bits per heavy atom. The monoisotopic (exact) mass is 552 g/mol. The summed E-state index contributed by atoms with van der Waals surface area (Å²) in [4.78, 5) is 14.9.